The van der Waals surface area contributed by atoms with E-state index >= 15 is 0 Å². The van der Waals surface area contributed by atoms with Crippen LogP contribution in [0.1, 0.15) is 59.9 Å². The molecule has 336 valence electrons. The van der Waals surface area contributed by atoms with Crippen molar-refractivity contribution in [2.24, 2.45) is 5.73 Å². The molecule has 0 fully saturated rings. The number of fused-ring (bicyclic) bond motifs is 2. The fraction of sp³-hybridized carbons (Fsp3) is 0.468. The average molecular weight is 877 g/mol. The van der Waals surface area contributed by atoms with Crippen LogP contribution >= 0.6 is 11.6 Å². The van der Waals surface area contributed by atoms with Crippen molar-refractivity contribution in [1.82, 2.24) is 15.1 Å². The number of halogens is 1. The van der Waals surface area contributed by atoms with Crippen molar-refractivity contribution in [3.05, 3.63) is 104 Å². The maximum Gasteiger partial charge on any atom is 0.336 e. The van der Waals surface area contributed by atoms with Crippen molar-refractivity contribution in [2.75, 3.05) is 95.1 Å². The maximum absolute atomic E-state index is 12.9. The normalized spacial score (nSPS) is 16.8. The number of carbonyl (C=O) groups excluding carboxylic acids is 3. The van der Waals surface area contributed by atoms with Gasteiger partial charge < -0.3 is 54.0 Å². The summed E-state index contributed by atoms with van der Waals surface area (Å²) in [7, 11) is 10.1. The number of dihydropyridines is 1. The third-order valence-corrected chi connectivity index (χ3v) is 11.7. The van der Waals surface area contributed by atoms with E-state index in [4.69, 9.17) is 50.5 Å². The van der Waals surface area contributed by atoms with Gasteiger partial charge in [-0.05, 0) is 105 Å². The van der Waals surface area contributed by atoms with Crippen molar-refractivity contribution in [3.8, 4) is 23.0 Å². The number of esters is 2. The number of likely N-dealkylation sites (N-methyl/N-ethyl adjacent to an activating group) is 1. The molecule has 0 bridgehead atoms. The number of hydrogen-bond acceptors (Lipinski definition) is 13. The molecule has 3 aliphatic rings. The second-order valence-corrected chi connectivity index (χ2v) is 15.7. The Bertz CT molecular complexity index is 2140. The number of rotatable bonds is 18. The first-order valence-corrected chi connectivity index (χ1v) is 21.2. The van der Waals surface area contributed by atoms with E-state index in [0.717, 1.165) is 68.3 Å². The van der Waals surface area contributed by atoms with E-state index in [-0.39, 0.29) is 24.7 Å². The molecular weight excluding hydrogens is 816 g/mol. The Balaban J connectivity index is 0.000000239. The van der Waals surface area contributed by atoms with Crippen molar-refractivity contribution in [2.45, 2.75) is 51.4 Å². The van der Waals surface area contributed by atoms with Gasteiger partial charge in [-0.15, -0.1) is 0 Å². The van der Waals surface area contributed by atoms with Crippen LogP contribution in [-0.4, -0.2) is 123 Å². The molecule has 14 nitrogen and oxygen atoms in total. The molecule has 0 saturated carbocycles. The summed E-state index contributed by atoms with van der Waals surface area (Å²) in [6, 6.07) is 15.2. The van der Waals surface area contributed by atoms with Gasteiger partial charge in [0.15, 0.2) is 23.0 Å². The summed E-state index contributed by atoms with van der Waals surface area (Å²) in [5.41, 5.74) is 12.6. The zero-order valence-electron chi connectivity index (χ0n) is 37.2. The fourth-order valence-electron chi connectivity index (χ4n) is 8.27. The lowest BCUT2D eigenvalue weighted by Gasteiger charge is -2.34. The first-order chi connectivity index (χ1) is 29.9. The largest absolute Gasteiger partial charge is 0.493 e. The number of amides is 1. The van der Waals surface area contributed by atoms with Gasteiger partial charge in [0.25, 0.3) is 0 Å². The Morgan fingerprint density at radius 3 is 2.16 bits per heavy atom. The highest BCUT2D eigenvalue weighted by molar-refractivity contribution is 6.31. The molecule has 0 aromatic heterocycles. The van der Waals surface area contributed by atoms with Crippen molar-refractivity contribution in [3.63, 3.8) is 0 Å². The topological polar surface area (TPSA) is 160 Å². The van der Waals surface area contributed by atoms with E-state index in [1.807, 2.05) is 17.0 Å². The molecule has 0 radical (unpaired) electrons. The zero-order chi connectivity index (χ0) is 44.9. The average Bonchev–Trinajstić information content (AvgIpc) is 3.41. The Morgan fingerprint density at radius 1 is 0.887 bits per heavy atom. The Hall–Kier alpha value is -5.28. The molecule has 0 saturated heterocycles. The van der Waals surface area contributed by atoms with Crippen LogP contribution in [0.5, 0.6) is 23.0 Å². The molecule has 1 amide bonds. The fourth-order valence-corrected chi connectivity index (χ4v) is 8.51. The van der Waals surface area contributed by atoms with Crippen LogP contribution < -0.4 is 30.0 Å². The number of nitrogens with zero attached hydrogens (tertiary/aromatic N) is 2. The van der Waals surface area contributed by atoms with Gasteiger partial charge in [0.05, 0.1) is 84.6 Å². The number of methoxy groups -OCH3 is 5. The van der Waals surface area contributed by atoms with Crippen molar-refractivity contribution < 1.29 is 47.5 Å². The molecule has 62 heavy (non-hydrogen) atoms. The summed E-state index contributed by atoms with van der Waals surface area (Å²) in [4.78, 5) is 42.7. The number of benzene rings is 3. The molecule has 2 atom stereocenters. The van der Waals surface area contributed by atoms with Gasteiger partial charge in [0.2, 0.25) is 5.91 Å². The summed E-state index contributed by atoms with van der Waals surface area (Å²) >= 11 is 6.42. The highest BCUT2D eigenvalue weighted by atomic mass is 35.5. The predicted molar refractivity (Wildman–Crippen MR) is 237 cm³/mol. The Kier molecular flexibility index (Phi) is 17.5. The van der Waals surface area contributed by atoms with E-state index in [1.165, 1.54) is 23.8 Å². The number of allylic oxidation sites excluding steroid dienone is 1. The number of carbonyl (C=O) groups is 3. The van der Waals surface area contributed by atoms with Crippen LogP contribution in [-0.2, 0) is 47.9 Å². The molecule has 3 aromatic carbocycles. The minimum absolute atomic E-state index is 0.109. The van der Waals surface area contributed by atoms with E-state index in [1.54, 1.807) is 66.6 Å². The summed E-state index contributed by atoms with van der Waals surface area (Å²) in [6.45, 7) is 7.89. The lowest BCUT2D eigenvalue weighted by atomic mass is 9.77. The SMILES string of the molecule is CCOC(=O)C1=C(COCCN)NC(C)=C(C(=O)OC)C1c1ccccc1Cl.COc1cc2c(cc1OC)CC(=O)N(CCCN(C)C[C@H]1Cc3cc(OC)c(OC)cc31)CC2. The number of hydrogen-bond donors (Lipinski definition) is 2. The lowest BCUT2D eigenvalue weighted by molar-refractivity contribution is -0.139. The highest BCUT2D eigenvalue weighted by Gasteiger charge is 2.40. The molecule has 2 heterocycles. The summed E-state index contributed by atoms with van der Waals surface area (Å²) < 4.78 is 37.5. The molecule has 1 aliphatic carbocycles. The summed E-state index contributed by atoms with van der Waals surface area (Å²) in [6.07, 6.45) is 3.27. The molecule has 3 aromatic rings. The lowest BCUT2D eigenvalue weighted by Crippen LogP contribution is -2.36. The van der Waals surface area contributed by atoms with Crippen LogP contribution in [0.3, 0.4) is 0 Å². The van der Waals surface area contributed by atoms with Gasteiger partial charge in [-0.25, -0.2) is 9.59 Å². The number of ether oxygens (including phenoxy) is 7. The molecule has 15 heteroatoms. The molecule has 3 N–H and O–H groups in total. The quantitative estimate of drug-likeness (QED) is 0.121. The smallest absolute Gasteiger partial charge is 0.336 e. The Labute approximate surface area is 370 Å². The molecule has 0 spiro atoms. The third-order valence-electron chi connectivity index (χ3n) is 11.4. The van der Waals surface area contributed by atoms with Crippen LogP contribution in [0.25, 0.3) is 0 Å². The van der Waals surface area contributed by atoms with E-state index in [2.05, 4.69) is 29.4 Å². The van der Waals surface area contributed by atoms with E-state index in [9.17, 15) is 14.4 Å². The van der Waals surface area contributed by atoms with Gasteiger partial charge in [-0.2, -0.15) is 0 Å². The van der Waals surface area contributed by atoms with Crippen LogP contribution in [0, 0.1) is 0 Å². The van der Waals surface area contributed by atoms with Gasteiger partial charge >= 0.3 is 11.9 Å². The Morgan fingerprint density at radius 2 is 1.53 bits per heavy atom. The van der Waals surface area contributed by atoms with Crippen LogP contribution in [0.15, 0.2) is 71.1 Å². The van der Waals surface area contributed by atoms with Crippen molar-refractivity contribution in [1.29, 1.82) is 0 Å². The summed E-state index contributed by atoms with van der Waals surface area (Å²) in [5, 5.41) is 3.52. The van der Waals surface area contributed by atoms with Gasteiger partial charge in [-0.1, -0.05) is 29.8 Å². The number of nitrogens with two attached hydrogens (primary N) is 1. The molecular formula is C47H61ClN4O10. The standard InChI is InChI=1S/C27H36N2O5.C20H25ClN2O5/c1-28(17-21-11-20-14-25(33-4)26(34-5)16-22(20)21)8-6-9-29-10-7-18-12-23(31-2)24(32-3)13-19(18)15-27(29)30;1-4-28-20(25)18-15(11-27-10-9-22)23-12(2)16(19(24)26-3)17(18)13-7-5-6-8-14(13)21/h12-14,16,21H,6-11,15,17H2,1-5H3;5-8,17,23H,4,9-11,22H2,1-3H3/t21-;/m1./s1. The summed E-state index contributed by atoms with van der Waals surface area (Å²) in [5.74, 6) is 1.83. The molecule has 6 rings (SSSR count). The molecule has 1 unspecified atom stereocenters. The minimum Gasteiger partial charge on any atom is -0.493 e. The maximum atomic E-state index is 12.9. The van der Waals surface area contributed by atoms with E-state index in [0.29, 0.717) is 58.8 Å². The first kappa shape index (κ1) is 47.8. The minimum atomic E-state index is -0.752. The predicted octanol–water partition coefficient (Wildman–Crippen LogP) is 5.58. The zero-order valence-corrected chi connectivity index (χ0v) is 37.9. The first-order valence-electron chi connectivity index (χ1n) is 20.9. The van der Waals surface area contributed by atoms with Gasteiger partial charge in [0.1, 0.15) is 0 Å². The van der Waals surface area contributed by atoms with Crippen molar-refractivity contribution >= 4 is 29.4 Å². The monoisotopic (exact) mass is 876 g/mol. The van der Waals surface area contributed by atoms with E-state index < -0.39 is 17.9 Å². The highest BCUT2D eigenvalue weighted by Crippen LogP contribution is 2.43. The second-order valence-electron chi connectivity index (χ2n) is 15.3. The van der Waals surface area contributed by atoms with Crippen LogP contribution in [0.4, 0.5) is 0 Å². The van der Waals surface area contributed by atoms with Crippen LogP contribution in [0.2, 0.25) is 5.02 Å². The van der Waals surface area contributed by atoms with Gasteiger partial charge in [0, 0.05) is 42.8 Å². The second kappa shape index (κ2) is 22.7. The molecule has 2 aliphatic heterocycles. The van der Waals surface area contributed by atoms with Gasteiger partial charge in [-0.3, -0.25) is 4.79 Å². The third kappa shape index (κ3) is 11.2. The number of nitrogens with one attached hydrogen (secondary N) is 1.